The number of rotatable bonds is 8. The molecule has 1 fully saturated rings. The zero-order chi connectivity index (χ0) is 20.6. The van der Waals surface area contributed by atoms with Gasteiger partial charge in [0.1, 0.15) is 0 Å². The van der Waals surface area contributed by atoms with Crippen LogP contribution in [0.1, 0.15) is 12.1 Å². The summed E-state index contributed by atoms with van der Waals surface area (Å²) in [5.74, 6) is 0.0316. The molecule has 8 heteroatoms. The zero-order valence-electron chi connectivity index (χ0n) is 16.3. The molecule has 0 unspecified atom stereocenters. The Labute approximate surface area is 180 Å². The van der Waals surface area contributed by atoms with Crippen molar-refractivity contribution in [1.82, 2.24) is 15.2 Å². The molecule has 1 aromatic heterocycles. The van der Waals surface area contributed by atoms with Crippen LogP contribution >= 0.6 is 23.2 Å². The van der Waals surface area contributed by atoms with Gasteiger partial charge in [-0.3, -0.25) is 9.69 Å². The SMILES string of the molecule is CO/C(=C\C=C\c1cc2cc(Cl)c(Cl)cc2[nH]1)C(=O)NCCCN1CCOCC1. The Hall–Kier alpha value is -1.99. The van der Waals surface area contributed by atoms with E-state index < -0.39 is 0 Å². The van der Waals surface area contributed by atoms with Gasteiger partial charge in [0.2, 0.25) is 0 Å². The number of morpholine rings is 1. The lowest BCUT2D eigenvalue weighted by Crippen LogP contribution is -2.38. The Morgan fingerprint density at radius 3 is 2.79 bits per heavy atom. The minimum absolute atomic E-state index is 0.227. The summed E-state index contributed by atoms with van der Waals surface area (Å²) in [4.78, 5) is 17.9. The zero-order valence-corrected chi connectivity index (χ0v) is 17.9. The second kappa shape index (κ2) is 10.7. The van der Waals surface area contributed by atoms with E-state index in [9.17, 15) is 4.79 Å². The van der Waals surface area contributed by atoms with E-state index in [0.29, 0.717) is 16.6 Å². The van der Waals surface area contributed by atoms with E-state index in [-0.39, 0.29) is 11.7 Å². The number of carbonyl (C=O) groups excluding carboxylic acids is 1. The highest BCUT2D eigenvalue weighted by atomic mass is 35.5. The summed E-state index contributed by atoms with van der Waals surface area (Å²) in [5, 5.41) is 4.88. The summed E-state index contributed by atoms with van der Waals surface area (Å²) < 4.78 is 10.5. The van der Waals surface area contributed by atoms with Crippen molar-refractivity contribution in [1.29, 1.82) is 0 Å². The highest BCUT2D eigenvalue weighted by Gasteiger charge is 2.11. The first-order valence-corrected chi connectivity index (χ1v) is 10.3. The van der Waals surface area contributed by atoms with Crippen LogP contribution in [0.5, 0.6) is 0 Å². The van der Waals surface area contributed by atoms with E-state index in [1.165, 1.54) is 7.11 Å². The average molecular weight is 438 g/mol. The molecule has 1 amide bonds. The number of H-pyrrole nitrogens is 1. The molecule has 0 saturated carbocycles. The predicted octanol–water partition coefficient (Wildman–Crippen LogP) is 3.86. The molecular weight excluding hydrogens is 413 g/mol. The van der Waals surface area contributed by atoms with Crippen LogP contribution < -0.4 is 5.32 Å². The molecule has 0 radical (unpaired) electrons. The lowest BCUT2D eigenvalue weighted by Gasteiger charge is -2.26. The number of benzene rings is 1. The van der Waals surface area contributed by atoms with E-state index in [1.807, 2.05) is 18.2 Å². The average Bonchev–Trinajstić information content (AvgIpc) is 3.11. The third-order valence-corrected chi connectivity index (χ3v) is 5.41. The van der Waals surface area contributed by atoms with Gasteiger partial charge in [0, 0.05) is 36.2 Å². The molecular formula is C21H25Cl2N3O3. The summed E-state index contributed by atoms with van der Waals surface area (Å²) in [6.45, 7) is 5.02. The minimum Gasteiger partial charge on any atom is -0.491 e. The van der Waals surface area contributed by atoms with Crippen molar-refractivity contribution >= 4 is 46.1 Å². The molecule has 2 heterocycles. The third-order valence-electron chi connectivity index (χ3n) is 4.69. The van der Waals surface area contributed by atoms with Crippen molar-refractivity contribution in [2.24, 2.45) is 0 Å². The fraction of sp³-hybridized carbons (Fsp3) is 0.381. The maximum atomic E-state index is 12.3. The van der Waals surface area contributed by atoms with Crippen LogP contribution in [0.25, 0.3) is 17.0 Å². The number of amides is 1. The van der Waals surface area contributed by atoms with Gasteiger partial charge in [-0.05, 0) is 43.3 Å². The van der Waals surface area contributed by atoms with Crippen LogP contribution in [0.4, 0.5) is 0 Å². The highest BCUT2D eigenvalue weighted by molar-refractivity contribution is 6.42. The van der Waals surface area contributed by atoms with Crippen LogP contribution in [-0.4, -0.2) is 62.3 Å². The van der Waals surface area contributed by atoms with E-state index in [1.54, 1.807) is 18.2 Å². The Bertz CT molecular complexity index is 863. The molecule has 1 aliphatic rings. The summed E-state index contributed by atoms with van der Waals surface area (Å²) in [6, 6.07) is 5.56. The molecule has 2 N–H and O–H groups in total. The quantitative estimate of drug-likeness (QED) is 0.284. The van der Waals surface area contributed by atoms with E-state index in [2.05, 4.69) is 15.2 Å². The number of hydrogen-bond donors (Lipinski definition) is 2. The molecule has 1 saturated heterocycles. The molecule has 0 bridgehead atoms. The Balaban J connectivity index is 1.51. The Kier molecular flexibility index (Phi) is 8.00. The number of halogens is 2. The van der Waals surface area contributed by atoms with Gasteiger partial charge < -0.3 is 19.8 Å². The summed E-state index contributed by atoms with van der Waals surface area (Å²) in [6.07, 6.45) is 6.15. The number of methoxy groups -OCH3 is 1. The largest absolute Gasteiger partial charge is 0.491 e. The van der Waals surface area contributed by atoms with Crippen molar-refractivity contribution in [3.05, 3.63) is 51.8 Å². The number of aromatic amines is 1. The number of carbonyl (C=O) groups is 1. The number of ether oxygens (including phenoxy) is 2. The Morgan fingerprint density at radius 1 is 1.28 bits per heavy atom. The van der Waals surface area contributed by atoms with Crippen molar-refractivity contribution in [3.8, 4) is 0 Å². The number of aromatic nitrogens is 1. The minimum atomic E-state index is -0.227. The second-order valence-electron chi connectivity index (χ2n) is 6.74. The third kappa shape index (κ3) is 6.24. The molecule has 1 aromatic carbocycles. The van der Waals surface area contributed by atoms with Gasteiger partial charge in [0.05, 0.1) is 30.4 Å². The predicted molar refractivity (Wildman–Crippen MR) is 117 cm³/mol. The Morgan fingerprint density at radius 2 is 2.03 bits per heavy atom. The lowest BCUT2D eigenvalue weighted by molar-refractivity contribution is -0.120. The maximum absolute atomic E-state index is 12.3. The standard InChI is InChI=1S/C21H25Cl2N3O3/c1-28-20(21(27)24-6-3-7-26-8-10-29-11-9-26)5-2-4-16-12-15-13-17(22)18(23)14-19(15)25-16/h2,4-5,12-14,25H,3,6-11H2,1H3,(H,24,27)/b4-2+,20-5-. The second-order valence-corrected chi connectivity index (χ2v) is 7.55. The van der Waals surface area contributed by atoms with E-state index in [4.69, 9.17) is 32.7 Å². The number of allylic oxidation sites excluding steroid dienone is 2. The van der Waals surface area contributed by atoms with E-state index >= 15 is 0 Å². The smallest absolute Gasteiger partial charge is 0.286 e. The molecule has 3 rings (SSSR count). The van der Waals surface area contributed by atoms with Gasteiger partial charge in [-0.25, -0.2) is 0 Å². The monoisotopic (exact) mass is 437 g/mol. The lowest BCUT2D eigenvalue weighted by atomic mass is 10.2. The van der Waals surface area contributed by atoms with Gasteiger partial charge in [-0.2, -0.15) is 0 Å². The van der Waals surface area contributed by atoms with Gasteiger partial charge >= 0.3 is 0 Å². The van der Waals surface area contributed by atoms with Gasteiger partial charge in [0.25, 0.3) is 5.91 Å². The van der Waals surface area contributed by atoms with Crippen LogP contribution in [-0.2, 0) is 14.3 Å². The molecule has 29 heavy (non-hydrogen) atoms. The van der Waals surface area contributed by atoms with Crippen molar-refractivity contribution in [3.63, 3.8) is 0 Å². The summed E-state index contributed by atoms with van der Waals surface area (Å²) in [5.41, 5.74) is 1.77. The molecule has 1 aliphatic heterocycles. The summed E-state index contributed by atoms with van der Waals surface area (Å²) in [7, 11) is 1.49. The molecule has 156 valence electrons. The molecule has 0 atom stereocenters. The molecule has 2 aromatic rings. The normalized spacial score (nSPS) is 15.9. The fourth-order valence-electron chi connectivity index (χ4n) is 3.13. The first-order valence-electron chi connectivity index (χ1n) is 9.55. The number of nitrogens with zero attached hydrogens (tertiary/aromatic N) is 1. The first kappa shape index (κ1) is 21.7. The van der Waals surface area contributed by atoms with E-state index in [0.717, 1.165) is 55.9 Å². The summed E-state index contributed by atoms with van der Waals surface area (Å²) >= 11 is 12.1. The van der Waals surface area contributed by atoms with Gasteiger partial charge in [-0.1, -0.05) is 29.3 Å². The van der Waals surface area contributed by atoms with Crippen LogP contribution in [0.3, 0.4) is 0 Å². The van der Waals surface area contributed by atoms with Crippen molar-refractivity contribution in [2.45, 2.75) is 6.42 Å². The topological polar surface area (TPSA) is 66.6 Å². The first-order chi connectivity index (χ1) is 14.1. The fourth-order valence-corrected chi connectivity index (χ4v) is 3.47. The van der Waals surface area contributed by atoms with Crippen LogP contribution in [0, 0.1) is 0 Å². The number of fused-ring (bicyclic) bond motifs is 1. The maximum Gasteiger partial charge on any atom is 0.286 e. The van der Waals surface area contributed by atoms with Crippen molar-refractivity contribution < 1.29 is 14.3 Å². The number of hydrogen-bond acceptors (Lipinski definition) is 4. The van der Waals surface area contributed by atoms with Crippen LogP contribution in [0.2, 0.25) is 10.0 Å². The van der Waals surface area contributed by atoms with Gasteiger partial charge in [-0.15, -0.1) is 0 Å². The molecule has 0 spiro atoms. The van der Waals surface area contributed by atoms with Crippen LogP contribution in [0.15, 0.2) is 36.1 Å². The van der Waals surface area contributed by atoms with Crippen molar-refractivity contribution in [2.75, 3.05) is 46.5 Å². The van der Waals surface area contributed by atoms with Gasteiger partial charge in [0.15, 0.2) is 5.76 Å². The molecule has 0 aliphatic carbocycles. The number of nitrogens with one attached hydrogen (secondary N) is 2. The highest BCUT2D eigenvalue weighted by Crippen LogP contribution is 2.28. The molecule has 6 nitrogen and oxygen atoms in total.